The maximum Gasteiger partial charge on any atom is 0.416 e. The van der Waals surface area contributed by atoms with Crippen molar-refractivity contribution >= 4 is 0 Å². The van der Waals surface area contributed by atoms with Crippen LogP contribution in [0.25, 0.3) is 0 Å². The molecule has 3 N–H and O–H groups in total. The highest BCUT2D eigenvalue weighted by atomic mass is 19.4. The average Bonchev–Trinajstić information content (AvgIpc) is 2.46. The van der Waals surface area contributed by atoms with Crippen LogP contribution < -0.4 is 11.3 Å². The molecule has 0 aliphatic rings. The lowest BCUT2D eigenvalue weighted by Crippen LogP contribution is -2.29. The van der Waals surface area contributed by atoms with E-state index in [4.69, 9.17) is 5.84 Å². The van der Waals surface area contributed by atoms with Crippen molar-refractivity contribution in [3.8, 4) is 0 Å². The number of alkyl halides is 3. The van der Waals surface area contributed by atoms with Crippen LogP contribution in [-0.4, -0.2) is 0 Å². The van der Waals surface area contributed by atoms with Crippen LogP contribution >= 0.6 is 0 Å². The summed E-state index contributed by atoms with van der Waals surface area (Å²) in [5, 5.41) is 0. The SMILES string of the molecule is CCCCCCCCC(NN)c1ccccc1C(F)(F)F. The number of hydrazine groups is 1. The molecule has 0 saturated carbocycles. The Balaban J connectivity index is 2.60. The number of unbranched alkanes of at least 4 members (excludes halogenated alkanes) is 5. The largest absolute Gasteiger partial charge is 0.416 e. The number of halogens is 3. The molecule has 0 radical (unpaired) electrons. The number of hydrogen-bond acceptors (Lipinski definition) is 2. The molecule has 1 aromatic rings. The van der Waals surface area contributed by atoms with E-state index in [0.29, 0.717) is 6.42 Å². The number of nitrogens with one attached hydrogen (secondary N) is 1. The smallest absolute Gasteiger partial charge is 0.271 e. The standard InChI is InChI=1S/C16H25F3N2/c1-2-3-4-5-6-7-12-15(21-20)13-10-8-9-11-14(13)16(17,18)19/h8-11,15,21H,2-7,12,20H2,1H3. The Labute approximate surface area is 124 Å². The van der Waals surface area contributed by atoms with Crippen molar-refractivity contribution in [1.82, 2.24) is 5.43 Å². The molecular weight excluding hydrogens is 277 g/mol. The predicted octanol–water partition coefficient (Wildman–Crippen LogP) is 4.96. The lowest BCUT2D eigenvalue weighted by Gasteiger charge is -2.21. The van der Waals surface area contributed by atoms with Crippen molar-refractivity contribution in [3.05, 3.63) is 35.4 Å². The van der Waals surface area contributed by atoms with Crippen LogP contribution in [-0.2, 0) is 6.18 Å². The van der Waals surface area contributed by atoms with E-state index in [1.807, 2.05) is 0 Å². The maximum atomic E-state index is 13.0. The minimum absolute atomic E-state index is 0.237. The molecule has 5 heteroatoms. The molecule has 1 rings (SSSR count). The Hall–Kier alpha value is -1.07. The summed E-state index contributed by atoms with van der Waals surface area (Å²) < 4.78 is 39.0. The monoisotopic (exact) mass is 302 g/mol. The van der Waals surface area contributed by atoms with Gasteiger partial charge in [-0.05, 0) is 18.1 Å². The van der Waals surface area contributed by atoms with Crippen LogP contribution in [0.2, 0.25) is 0 Å². The molecule has 120 valence electrons. The first-order valence-corrected chi connectivity index (χ1v) is 7.63. The molecule has 0 amide bonds. The molecule has 0 bridgehead atoms. The first-order valence-electron chi connectivity index (χ1n) is 7.63. The van der Waals surface area contributed by atoms with E-state index in [9.17, 15) is 13.2 Å². The molecule has 1 unspecified atom stereocenters. The van der Waals surface area contributed by atoms with Gasteiger partial charge in [-0.2, -0.15) is 13.2 Å². The molecule has 0 fully saturated rings. The van der Waals surface area contributed by atoms with E-state index in [2.05, 4.69) is 12.3 Å². The van der Waals surface area contributed by atoms with Gasteiger partial charge in [0.2, 0.25) is 0 Å². The molecule has 0 saturated heterocycles. The fraction of sp³-hybridized carbons (Fsp3) is 0.625. The minimum atomic E-state index is -4.34. The highest BCUT2D eigenvalue weighted by Crippen LogP contribution is 2.35. The second-order valence-corrected chi connectivity index (χ2v) is 5.36. The minimum Gasteiger partial charge on any atom is -0.271 e. The molecule has 0 heterocycles. The van der Waals surface area contributed by atoms with Gasteiger partial charge < -0.3 is 0 Å². The van der Waals surface area contributed by atoms with Gasteiger partial charge in [0.05, 0.1) is 5.56 Å². The Morgan fingerprint density at radius 3 is 2.29 bits per heavy atom. The van der Waals surface area contributed by atoms with Gasteiger partial charge in [-0.25, -0.2) is 0 Å². The van der Waals surface area contributed by atoms with Crippen LogP contribution in [0, 0.1) is 0 Å². The fourth-order valence-corrected chi connectivity index (χ4v) is 2.52. The van der Waals surface area contributed by atoms with E-state index in [1.54, 1.807) is 6.07 Å². The van der Waals surface area contributed by atoms with E-state index in [-0.39, 0.29) is 5.56 Å². The average molecular weight is 302 g/mol. The van der Waals surface area contributed by atoms with E-state index in [0.717, 1.165) is 25.3 Å². The molecule has 21 heavy (non-hydrogen) atoms. The van der Waals surface area contributed by atoms with Crippen LogP contribution in [0.1, 0.15) is 69.0 Å². The summed E-state index contributed by atoms with van der Waals surface area (Å²) in [5.41, 5.74) is 2.17. The summed E-state index contributed by atoms with van der Waals surface area (Å²) in [7, 11) is 0. The van der Waals surface area contributed by atoms with Gasteiger partial charge in [0, 0.05) is 6.04 Å². The fourth-order valence-electron chi connectivity index (χ4n) is 2.52. The van der Waals surface area contributed by atoms with Crippen molar-refractivity contribution in [3.63, 3.8) is 0 Å². The number of nitrogens with two attached hydrogens (primary N) is 1. The second kappa shape index (κ2) is 9.05. The van der Waals surface area contributed by atoms with Gasteiger partial charge in [0.1, 0.15) is 0 Å². The molecule has 1 aromatic carbocycles. The zero-order chi connectivity index (χ0) is 15.7. The van der Waals surface area contributed by atoms with Gasteiger partial charge in [0.15, 0.2) is 0 Å². The molecule has 0 aliphatic carbocycles. The summed E-state index contributed by atoms with van der Waals surface area (Å²) in [5.74, 6) is 5.46. The zero-order valence-corrected chi connectivity index (χ0v) is 12.5. The lowest BCUT2D eigenvalue weighted by molar-refractivity contribution is -0.138. The molecular formula is C16H25F3N2. The van der Waals surface area contributed by atoms with Crippen LogP contribution in [0.5, 0.6) is 0 Å². The Morgan fingerprint density at radius 1 is 1.05 bits per heavy atom. The van der Waals surface area contributed by atoms with Crippen molar-refractivity contribution in [1.29, 1.82) is 0 Å². The highest BCUT2D eigenvalue weighted by Gasteiger charge is 2.34. The summed E-state index contributed by atoms with van der Waals surface area (Å²) in [4.78, 5) is 0. The lowest BCUT2D eigenvalue weighted by atomic mass is 9.95. The zero-order valence-electron chi connectivity index (χ0n) is 12.5. The normalized spacial score (nSPS) is 13.4. The quantitative estimate of drug-likeness (QED) is 0.384. The first kappa shape index (κ1) is 18.0. The number of rotatable bonds is 9. The topological polar surface area (TPSA) is 38.0 Å². The summed E-state index contributed by atoms with van der Waals surface area (Å²) in [6.45, 7) is 2.16. The number of hydrogen-bond donors (Lipinski definition) is 2. The summed E-state index contributed by atoms with van der Waals surface area (Å²) in [6.07, 6.45) is 2.92. The third-order valence-electron chi connectivity index (χ3n) is 3.69. The summed E-state index contributed by atoms with van der Waals surface area (Å²) in [6, 6.07) is 5.20. The van der Waals surface area contributed by atoms with E-state index in [1.165, 1.54) is 31.4 Å². The van der Waals surface area contributed by atoms with Crippen molar-refractivity contribution in [2.75, 3.05) is 0 Å². The predicted molar refractivity (Wildman–Crippen MR) is 79.5 cm³/mol. The summed E-state index contributed by atoms with van der Waals surface area (Å²) >= 11 is 0. The Kier molecular flexibility index (Phi) is 7.75. The molecule has 2 nitrogen and oxygen atoms in total. The van der Waals surface area contributed by atoms with Crippen molar-refractivity contribution in [2.24, 2.45) is 5.84 Å². The van der Waals surface area contributed by atoms with Gasteiger partial charge in [-0.1, -0.05) is 63.6 Å². The van der Waals surface area contributed by atoms with Gasteiger partial charge in [0.25, 0.3) is 0 Å². The van der Waals surface area contributed by atoms with Crippen molar-refractivity contribution < 1.29 is 13.2 Å². The van der Waals surface area contributed by atoms with Gasteiger partial charge in [-0.3, -0.25) is 11.3 Å². The Bertz CT molecular complexity index is 405. The molecule has 0 spiro atoms. The van der Waals surface area contributed by atoms with Crippen LogP contribution in [0.4, 0.5) is 13.2 Å². The number of benzene rings is 1. The third kappa shape index (κ3) is 6.06. The van der Waals surface area contributed by atoms with Crippen LogP contribution in [0.3, 0.4) is 0 Å². The third-order valence-corrected chi connectivity index (χ3v) is 3.69. The molecule has 0 aromatic heterocycles. The highest BCUT2D eigenvalue weighted by molar-refractivity contribution is 5.32. The van der Waals surface area contributed by atoms with Crippen molar-refractivity contribution in [2.45, 2.75) is 64.1 Å². The Morgan fingerprint density at radius 2 is 1.67 bits per heavy atom. The molecule has 0 aliphatic heterocycles. The second-order valence-electron chi connectivity index (χ2n) is 5.36. The van der Waals surface area contributed by atoms with Crippen LogP contribution in [0.15, 0.2) is 24.3 Å². The molecule has 1 atom stereocenters. The van der Waals surface area contributed by atoms with E-state index < -0.39 is 17.8 Å². The van der Waals surface area contributed by atoms with Gasteiger partial charge in [-0.15, -0.1) is 0 Å². The van der Waals surface area contributed by atoms with E-state index >= 15 is 0 Å². The first-order chi connectivity index (χ1) is 10.0. The van der Waals surface area contributed by atoms with Gasteiger partial charge >= 0.3 is 6.18 Å². The maximum absolute atomic E-state index is 13.0.